The summed E-state index contributed by atoms with van der Waals surface area (Å²) in [6.07, 6.45) is -4.20. The first-order valence-corrected chi connectivity index (χ1v) is 14.8. The number of aldehydes is 1. The maximum Gasteiger partial charge on any atom is 0.303 e. The summed E-state index contributed by atoms with van der Waals surface area (Å²) in [5, 5.41) is 0. The molecule has 0 N–H and O–H groups in total. The Hall–Kier alpha value is -4.35. The molecule has 0 radical (unpaired) electrons. The highest BCUT2D eigenvalue weighted by molar-refractivity contribution is 7.15. The lowest BCUT2D eigenvalue weighted by molar-refractivity contribution is -0.254. The van der Waals surface area contributed by atoms with Crippen LogP contribution in [0.2, 0.25) is 0 Å². The molecule has 1 aliphatic rings. The number of ether oxygens (including phenoxy) is 5. The number of thiophene rings is 1. The van der Waals surface area contributed by atoms with Crippen LogP contribution in [-0.4, -0.2) is 61.2 Å². The van der Waals surface area contributed by atoms with Gasteiger partial charge in [-0.15, -0.1) is 11.3 Å². The molecule has 0 amide bonds. The Kier molecular flexibility index (Phi) is 10.7. The normalized spacial score (nSPS) is 21.2. The molecule has 1 saturated heterocycles. The van der Waals surface area contributed by atoms with Crippen LogP contribution in [0.1, 0.15) is 65.7 Å². The number of aryl methyl sites for hydroxylation is 1. The average molecular weight is 623 g/mol. The van der Waals surface area contributed by atoms with E-state index in [0.29, 0.717) is 17.5 Å². The van der Waals surface area contributed by atoms with Crippen LogP contribution in [0.3, 0.4) is 0 Å². The number of hydrogen-bond acceptors (Lipinski definition) is 11. The monoisotopic (exact) mass is 622 g/mol. The standard InChI is InChI=1S/C33H34O10S/c1-18-6-9-25(14-26(18)15-27-12-13-29(44-27)24-10-7-23(16-34)8-11-24)30-32(41-21(4)37)33(42-22(5)38)31(40-20(3)36)28(43-30)17-39-19(2)35/h6-14,16,28,30-33H,15,17H2,1-5H3/t28-,30+,31-,32+,33+/m1/s1. The number of esters is 4. The summed E-state index contributed by atoms with van der Waals surface area (Å²) >= 11 is 1.63. The fourth-order valence-electron chi connectivity index (χ4n) is 5.10. The quantitative estimate of drug-likeness (QED) is 0.174. The number of rotatable bonds is 10. The Morgan fingerprint density at radius 3 is 2.05 bits per heavy atom. The van der Waals surface area contributed by atoms with E-state index < -0.39 is 54.4 Å². The molecule has 0 unspecified atom stereocenters. The van der Waals surface area contributed by atoms with Crippen LogP contribution < -0.4 is 0 Å². The maximum absolute atomic E-state index is 12.3. The van der Waals surface area contributed by atoms with Crippen molar-refractivity contribution in [3.05, 3.63) is 81.7 Å². The van der Waals surface area contributed by atoms with Crippen molar-refractivity contribution in [2.45, 2.75) is 71.6 Å². The Morgan fingerprint density at radius 2 is 1.43 bits per heavy atom. The van der Waals surface area contributed by atoms with Crippen molar-refractivity contribution in [1.82, 2.24) is 0 Å². The second-order valence-electron chi connectivity index (χ2n) is 10.5. The third-order valence-corrected chi connectivity index (χ3v) is 8.18. The van der Waals surface area contributed by atoms with E-state index in [9.17, 15) is 24.0 Å². The molecule has 2 heterocycles. The first-order valence-electron chi connectivity index (χ1n) is 14.0. The van der Waals surface area contributed by atoms with Crippen molar-refractivity contribution < 1.29 is 47.7 Å². The van der Waals surface area contributed by atoms with E-state index in [2.05, 4.69) is 0 Å². The molecule has 0 saturated carbocycles. The van der Waals surface area contributed by atoms with Crippen LogP contribution in [0.15, 0.2) is 54.6 Å². The van der Waals surface area contributed by atoms with Gasteiger partial charge in [-0.05, 0) is 41.3 Å². The molecule has 1 fully saturated rings. The Morgan fingerprint density at radius 1 is 0.795 bits per heavy atom. The average Bonchev–Trinajstić information content (AvgIpc) is 3.43. The summed E-state index contributed by atoms with van der Waals surface area (Å²) in [6, 6.07) is 17.2. The summed E-state index contributed by atoms with van der Waals surface area (Å²) in [4.78, 5) is 61.3. The van der Waals surface area contributed by atoms with Crippen LogP contribution in [0.4, 0.5) is 0 Å². The molecule has 4 rings (SSSR count). The minimum atomic E-state index is -1.24. The number of carbonyl (C=O) groups is 5. The molecular weight excluding hydrogens is 588 g/mol. The van der Waals surface area contributed by atoms with Crippen molar-refractivity contribution >= 4 is 41.5 Å². The van der Waals surface area contributed by atoms with Crippen molar-refractivity contribution in [3.63, 3.8) is 0 Å². The fraction of sp³-hybridized carbons (Fsp3) is 0.364. The summed E-state index contributed by atoms with van der Waals surface area (Å²) < 4.78 is 28.3. The summed E-state index contributed by atoms with van der Waals surface area (Å²) in [7, 11) is 0. The predicted octanol–water partition coefficient (Wildman–Crippen LogP) is 4.92. The number of carbonyl (C=O) groups excluding carboxylic acids is 5. The summed E-state index contributed by atoms with van der Waals surface area (Å²) in [6.45, 7) is 6.52. The van der Waals surface area contributed by atoms with Gasteiger partial charge in [-0.1, -0.05) is 42.5 Å². The second-order valence-corrected chi connectivity index (χ2v) is 11.7. The Balaban J connectivity index is 1.69. The van der Waals surface area contributed by atoms with Crippen LogP contribution in [0, 0.1) is 6.92 Å². The van der Waals surface area contributed by atoms with Crippen LogP contribution >= 0.6 is 11.3 Å². The highest BCUT2D eigenvalue weighted by atomic mass is 32.1. The Bertz CT molecular complexity index is 1530. The van der Waals surface area contributed by atoms with Gasteiger partial charge in [-0.2, -0.15) is 0 Å². The number of benzene rings is 2. The van der Waals surface area contributed by atoms with Crippen LogP contribution in [0.5, 0.6) is 0 Å². The largest absolute Gasteiger partial charge is 0.463 e. The summed E-state index contributed by atoms with van der Waals surface area (Å²) in [5.74, 6) is -2.60. The number of hydrogen-bond donors (Lipinski definition) is 0. The molecule has 0 spiro atoms. The molecule has 11 heteroatoms. The highest BCUT2D eigenvalue weighted by Crippen LogP contribution is 2.39. The highest BCUT2D eigenvalue weighted by Gasteiger charge is 2.52. The molecule has 2 aromatic carbocycles. The lowest BCUT2D eigenvalue weighted by Crippen LogP contribution is -2.59. The second kappa shape index (κ2) is 14.4. The van der Waals surface area contributed by atoms with E-state index in [1.807, 2.05) is 49.4 Å². The smallest absolute Gasteiger partial charge is 0.303 e. The minimum absolute atomic E-state index is 0.293. The zero-order chi connectivity index (χ0) is 32.0. The molecule has 232 valence electrons. The van der Waals surface area contributed by atoms with Crippen molar-refractivity contribution in [1.29, 1.82) is 0 Å². The van der Waals surface area contributed by atoms with Gasteiger partial charge in [0.25, 0.3) is 0 Å². The first-order chi connectivity index (χ1) is 20.9. The molecule has 3 aromatic rings. The van der Waals surface area contributed by atoms with Gasteiger partial charge in [-0.25, -0.2) is 0 Å². The van der Waals surface area contributed by atoms with Gasteiger partial charge in [-0.3, -0.25) is 24.0 Å². The lowest BCUT2D eigenvalue weighted by atomic mass is 9.88. The molecule has 44 heavy (non-hydrogen) atoms. The van der Waals surface area contributed by atoms with Crippen molar-refractivity contribution in [3.8, 4) is 10.4 Å². The topological polar surface area (TPSA) is 132 Å². The van der Waals surface area contributed by atoms with Gasteiger partial charge in [0, 0.05) is 49.4 Å². The van der Waals surface area contributed by atoms with Gasteiger partial charge in [0.05, 0.1) is 0 Å². The fourth-order valence-corrected chi connectivity index (χ4v) is 6.13. The van der Waals surface area contributed by atoms with Crippen molar-refractivity contribution in [2.75, 3.05) is 6.61 Å². The minimum Gasteiger partial charge on any atom is -0.463 e. The van der Waals surface area contributed by atoms with Crippen molar-refractivity contribution in [2.24, 2.45) is 0 Å². The lowest BCUT2D eigenvalue weighted by Gasteiger charge is -2.44. The zero-order valence-electron chi connectivity index (χ0n) is 25.1. The third kappa shape index (κ3) is 8.18. The predicted molar refractivity (Wildman–Crippen MR) is 160 cm³/mol. The summed E-state index contributed by atoms with van der Waals surface area (Å²) in [5.41, 5.74) is 4.25. The molecule has 1 aromatic heterocycles. The van der Waals surface area contributed by atoms with E-state index in [4.69, 9.17) is 23.7 Å². The van der Waals surface area contributed by atoms with E-state index in [0.717, 1.165) is 32.7 Å². The van der Waals surface area contributed by atoms with E-state index in [1.165, 1.54) is 27.7 Å². The van der Waals surface area contributed by atoms with Gasteiger partial charge in [0.2, 0.25) is 0 Å². The van der Waals surface area contributed by atoms with E-state index in [1.54, 1.807) is 23.5 Å². The molecular formula is C33H34O10S. The molecule has 5 atom stereocenters. The third-order valence-electron chi connectivity index (χ3n) is 7.05. The SMILES string of the molecule is CC(=O)OC[C@H]1O[C@@H](c2ccc(C)c(Cc3ccc(-c4ccc(C=O)cc4)s3)c2)[C@H](OC(C)=O)[C@@H](OC(C)=O)[C@@H]1OC(C)=O. The van der Waals surface area contributed by atoms with Gasteiger partial charge in [0.1, 0.15) is 25.1 Å². The Labute approximate surface area is 259 Å². The zero-order valence-corrected chi connectivity index (χ0v) is 25.9. The van der Waals surface area contributed by atoms with E-state index >= 15 is 0 Å². The first kappa shape index (κ1) is 32.6. The van der Waals surface area contributed by atoms with Crippen LogP contribution in [0.25, 0.3) is 10.4 Å². The van der Waals surface area contributed by atoms with Crippen LogP contribution in [-0.2, 0) is 49.3 Å². The van der Waals surface area contributed by atoms with E-state index in [-0.39, 0.29) is 6.61 Å². The maximum atomic E-state index is 12.3. The molecule has 10 nitrogen and oxygen atoms in total. The van der Waals surface area contributed by atoms with Gasteiger partial charge < -0.3 is 23.7 Å². The molecule has 1 aliphatic heterocycles. The molecule has 0 aliphatic carbocycles. The van der Waals surface area contributed by atoms with Gasteiger partial charge in [0.15, 0.2) is 18.3 Å². The molecule has 0 bridgehead atoms. The van der Waals surface area contributed by atoms with Gasteiger partial charge >= 0.3 is 23.9 Å².